The summed E-state index contributed by atoms with van der Waals surface area (Å²) >= 11 is 0. The summed E-state index contributed by atoms with van der Waals surface area (Å²) in [4.78, 5) is 0.163. The molecule has 0 heterocycles. The van der Waals surface area contributed by atoms with Crippen LogP contribution in [0.25, 0.3) is 0 Å². The van der Waals surface area contributed by atoms with E-state index in [0.717, 1.165) is 0 Å². The van der Waals surface area contributed by atoms with E-state index in [1.54, 1.807) is 24.3 Å². The first-order valence-corrected chi connectivity index (χ1v) is 6.00. The van der Waals surface area contributed by atoms with Gasteiger partial charge >= 0.3 is 0 Å². The molecule has 0 fully saturated rings. The van der Waals surface area contributed by atoms with Gasteiger partial charge in [0.1, 0.15) is 0 Å². The SMILES string of the molecule is C=CCc1ccccc1S(=O)(=O)Cl. The molecule has 0 aromatic heterocycles. The molecule has 0 saturated carbocycles. The van der Waals surface area contributed by atoms with Gasteiger partial charge in [0.2, 0.25) is 0 Å². The summed E-state index contributed by atoms with van der Waals surface area (Å²) in [5.74, 6) is 0. The average molecular weight is 217 g/mol. The number of hydrogen-bond donors (Lipinski definition) is 0. The topological polar surface area (TPSA) is 34.1 Å². The Bertz CT molecular complexity index is 409. The molecule has 0 aliphatic rings. The van der Waals surface area contributed by atoms with Crippen LogP contribution in [0.4, 0.5) is 0 Å². The summed E-state index contributed by atoms with van der Waals surface area (Å²) in [6.07, 6.45) is 2.14. The molecule has 4 heteroatoms. The van der Waals surface area contributed by atoms with Crippen molar-refractivity contribution in [3.8, 4) is 0 Å². The van der Waals surface area contributed by atoms with Gasteiger partial charge in [0, 0.05) is 10.7 Å². The predicted molar refractivity (Wildman–Crippen MR) is 53.4 cm³/mol. The van der Waals surface area contributed by atoms with Gasteiger partial charge in [-0.1, -0.05) is 24.3 Å². The lowest BCUT2D eigenvalue weighted by molar-refractivity contribution is 0.609. The quantitative estimate of drug-likeness (QED) is 0.574. The third-order valence-corrected chi connectivity index (χ3v) is 3.02. The van der Waals surface area contributed by atoms with Crippen molar-refractivity contribution in [2.24, 2.45) is 0 Å². The molecule has 0 unspecified atom stereocenters. The molecule has 0 spiro atoms. The smallest absolute Gasteiger partial charge is 0.207 e. The number of halogens is 1. The van der Waals surface area contributed by atoms with Gasteiger partial charge in [0.15, 0.2) is 0 Å². The van der Waals surface area contributed by atoms with Crippen LogP contribution in [0.3, 0.4) is 0 Å². The number of hydrogen-bond acceptors (Lipinski definition) is 2. The fourth-order valence-corrected chi connectivity index (χ4v) is 2.22. The highest BCUT2D eigenvalue weighted by Crippen LogP contribution is 2.19. The van der Waals surface area contributed by atoms with Crippen LogP contribution in [0, 0.1) is 0 Å². The average Bonchev–Trinajstić information content (AvgIpc) is 2.04. The number of rotatable bonds is 3. The second-order valence-electron chi connectivity index (χ2n) is 2.54. The second kappa shape index (κ2) is 3.94. The van der Waals surface area contributed by atoms with Crippen molar-refractivity contribution in [1.29, 1.82) is 0 Å². The van der Waals surface area contributed by atoms with Gasteiger partial charge < -0.3 is 0 Å². The van der Waals surface area contributed by atoms with Crippen LogP contribution >= 0.6 is 10.7 Å². The fourth-order valence-electron chi connectivity index (χ4n) is 1.07. The number of allylic oxidation sites excluding steroid dienone is 1. The first kappa shape index (κ1) is 10.3. The molecule has 70 valence electrons. The Morgan fingerprint density at radius 3 is 2.54 bits per heavy atom. The van der Waals surface area contributed by atoms with Gasteiger partial charge in [-0.2, -0.15) is 0 Å². The third kappa shape index (κ3) is 2.57. The summed E-state index contributed by atoms with van der Waals surface area (Å²) in [6.45, 7) is 3.54. The van der Waals surface area contributed by atoms with Crippen LogP contribution in [-0.4, -0.2) is 8.42 Å². The van der Waals surface area contributed by atoms with E-state index in [0.29, 0.717) is 12.0 Å². The molecular weight excluding hydrogens is 208 g/mol. The lowest BCUT2D eigenvalue weighted by Crippen LogP contribution is -1.96. The maximum Gasteiger partial charge on any atom is 0.261 e. The van der Waals surface area contributed by atoms with Crippen LogP contribution in [0.2, 0.25) is 0 Å². The van der Waals surface area contributed by atoms with E-state index < -0.39 is 9.05 Å². The number of benzene rings is 1. The van der Waals surface area contributed by atoms with Crippen molar-refractivity contribution in [3.63, 3.8) is 0 Å². The summed E-state index contributed by atoms with van der Waals surface area (Å²) in [5, 5.41) is 0. The molecule has 1 aromatic carbocycles. The Labute approximate surface area is 82.3 Å². The van der Waals surface area contributed by atoms with E-state index in [1.807, 2.05) is 0 Å². The minimum Gasteiger partial charge on any atom is -0.207 e. The Hall–Kier alpha value is -0.800. The highest BCUT2D eigenvalue weighted by Gasteiger charge is 2.13. The highest BCUT2D eigenvalue weighted by molar-refractivity contribution is 8.13. The fraction of sp³-hybridized carbons (Fsp3) is 0.111. The van der Waals surface area contributed by atoms with Crippen molar-refractivity contribution >= 4 is 19.7 Å². The van der Waals surface area contributed by atoms with Crippen molar-refractivity contribution in [3.05, 3.63) is 42.5 Å². The predicted octanol–water partition coefficient (Wildman–Crippen LogP) is 2.34. The zero-order valence-corrected chi connectivity index (χ0v) is 8.48. The summed E-state index contributed by atoms with van der Waals surface area (Å²) in [7, 11) is 1.61. The summed E-state index contributed by atoms with van der Waals surface area (Å²) < 4.78 is 22.1. The van der Waals surface area contributed by atoms with Gasteiger partial charge in [-0.15, -0.1) is 6.58 Å². The minimum absolute atomic E-state index is 0.163. The lowest BCUT2D eigenvalue weighted by Gasteiger charge is -2.02. The zero-order chi connectivity index (χ0) is 9.90. The largest absolute Gasteiger partial charge is 0.261 e. The van der Waals surface area contributed by atoms with Crippen LogP contribution < -0.4 is 0 Å². The van der Waals surface area contributed by atoms with E-state index in [4.69, 9.17) is 10.7 Å². The zero-order valence-electron chi connectivity index (χ0n) is 6.90. The molecule has 0 bridgehead atoms. The Balaban J connectivity index is 3.28. The summed E-state index contributed by atoms with van der Waals surface area (Å²) in [5.41, 5.74) is 0.674. The van der Waals surface area contributed by atoms with Gasteiger partial charge in [-0.3, -0.25) is 0 Å². The first-order chi connectivity index (χ1) is 6.05. The molecule has 0 atom stereocenters. The molecule has 0 N–H and O–H groups in total. The van der Waals surface area contributed by atoms with Gasteiger partial charge in [-0.25, -0.2) is 8.42 Å². The van der Waals surface area contributed by atoms with Crippen LogP contribution in [0.5, 0.6) is 0 Å². The molecule has 0 radical (unpaired) electrons. The lowest BCUT2D eigenvalue weighted by atomic mass is 10.1. The van der Waals surface area contributed by atoms with Crippen molar-refractivity contribution in [1.82, 2.24) is 0 Å². The van der Waals surface area contributed by atoms with E-state index in [1.165, 1.54) is 6.07 Å². The van der Waals surface area contributed by atoms with E-state index in [9.17, 15) is 8.42 Å². The molecule has 0 aliphatic heterocycles. The van der Waals surface area contributed by atoms with Crippen molar-refractivity contribution in [2.45, 2.75) is 11.3 Å². The molecule has 0 saturated heterocycles. The Kier molecular flexibility index (Phi) is 3.12. The van der Waals surface area contributed by atoms with Crippen LogP contribution in [0.15, 0.2) is 41.8 Å². The first-order valence-electron chi connectivity index (χ1n) is 3.69. The highest BCUT2D eigenvalue weighted by atomic mass is 35.7. The molecule has 0 amide bonds. The summed E-state index contributed by atoms with van der Waals surface area (Å²) in [6, 6.07) is 6.62. The van der Waals surface area contributed by atoms with Gasteiger partial charge in [-0.05, 0) is 18.1 Å². The molecule has 2 nitrogen and oxygen atoms in total. The second-order valence-corrected chi connectivity index (χ2v) is 5.07. The van der Waals surface area contributed by atoms with Gasteiger partial charge in [0.25, 0.3) is 9.05 Å². The van der Waals surface area contributed by atoms with Crippen molar-refractivity contribution < 1.29 is 8.42 Å². The normalized spacial score (nSPS) is 11.2. The Morgan fingerprint density at radius 1 is 1.38 bits per heavy atom. The molecule has 13 heavy (non-hydrogen) atoms. The van der Waals surface area contributed by atoms with Crippen LogP contribution in [-0.2, 0) is 15.5 Å². The monoisotopic (exact) mass is 216 g/mol. The van der Waals surface area contributed by atoms with E-state index in [-0.39, 0.29) is 4.90 Å². The molecule has 1 aromatic rings. The van der Waals surface area contributed by atoms with Crippen LogP contribution in [0.1, 0.15) is 5.56 Å². The maximum atomic E-state index is 11.1. The third-order valence-electron chi connectivity index (χ3n) is 1.60. The standard InChI is InChI=1S/C9H9ClO2S/c1-2-5-8-6-3-4-7-9(8)13(10,11)12/h2-4,6-7H,1,5H2. The minimum atomic E-state index is -3.63. The maximum absolute atomic E-state index is 11.1. The molecule has 1 rings (SSSR count). The van der Waals surface area contributed by atoms with Crippen molar-refractivity contribution in [2.75, 3.05) is 0 Å². The van der Waals surface area contributed by atoms with E-state index >= 15 is 0 Å². The Morgan fingerprint density at radius 2 is 2.00 bits per heavy atom. The molecule has 0 aliphatic carbocycles. The molecular formula is C9H9ClO2S. The van der Waals surface area contributed by atoms with Gasteiger partial charge in [0.05, 0.1) is 4.90 Å². The van der Waals surface area contributed by atoms with E-state index in [2.05, 4.69) is 6.58 Å².